The fourth-order valence-electron chi connectivity index (χ4n) is 4.07. The van der Waals surface area contributed by atoms with Gasteiger partial charge in [-0.05, 0) is 36.5 Å². The first-order valence-electron chi connectivity index (χ1n) is 8.86. The summed E-state index contributed by atoms with van der Waals surface area (Å²) >= 11 is 3.34. The van der Waals surface area contributed by atoms with Gasteiger partial charge in [0.05, 0.1) is 5.56 Å². The van der Waals surface area contributed by atoms with Crippen molar-refractivity contribution in [2.75, 3.05) is 13.2 Å². The predicted molar refractivity (Wildman–Crippen MR) is 102 cm³/mol. The van der Waals surface area contributed by atoms with Gasteiger partial charge in [0, 0.05) is 11.0 Å². The van der Waals surface area contributed by atoms with E-state index in [9.17, 15) is 19.5 Å². The SMILES string of the molecule is CC(C)(C)[C@]1(C(=O)NC2COc3cc(Br)ccc3C2=O)CCCN1C(=O)O. The molecule has 2 amide bonds. The van der Waals surface area contributed by atoms with E-state index >= 15 is 0 Å². The minimum absolute atomic E-state index is 0.0152. The number of likely N-dealkylation sites (tertiary alicyclic amines) is 1. The molecule has 0 aliphatic carbocycles. The highest BCUT2D eigenvalue weighted by atomic mass is 79.9. The molecule has 0 spiro atoms. The van der Waals surface area contributed by atoms with E-state index in [0.29, 0.717) is 30.7 Å². The Hall–Kier alpha value is -2.09. The first kappa shape index (κ1) is 19.7. The van der Waals surface area contributed by atoms with Crippen molar-refractivity contribution in [1.29, 1.82) is 0 Å². The van der Waals surface area contributed by atoms with Crippen molar-refractivity contribution in [3.8, 4) is 5.75 Å². The summed E-state index contributed by atoms with van der Waals surface area (Å²) in [6.07, 6.45) is -0.109. The van der Waals surface area contributed by atoms with E-state index in [-0.39, 0.29) is 12.4 Å². The molecule has 8 heteroatoms. The molecule has 1 aromatic rings. The van der Waals surface area contributed by atoms with Crippen LogP contribution in [0.4, 0.5) is 4.79 Å². The molecule has 3 rings (SSSR count). The van der Waals surface area contributed by atoms with Crippen LogP contribution in [0.2, 0.25) is 0 Å². The number of hydrogen-bond acceptors (Lipinski definition) is 4. The number of nitrogens with one attached hydrogen (secondary N) is 1. The lowest BCUT2D eigenvalue weighted by Crippen LogP contribution is -2.66. The van der Waals surface area contributed by atoms with Gasteiger partial charge < -0.3 is 15.2 Å². The third kappa shape index (κ3) is 3.20. The highest BCUT2D eigenvalue weighted by Gasteiger charge is 2.57. The Kier molecular flexibility index (Phi) is 4.96. The van der Waals surface area contributed by atoms with Crippen LogP contribution < -0.4 is 10.1 Å². The molecule has 1 saturated heterocycles. The molecule has 27 heavy (non-hydrogen) atoms. The molecule has 0 radical (unpaired) electrons. The van der Waals surface area contributed by atoms with Gasteiger partial charge in [0.25, 0.3) is 0 Å². The maximum atomic E-state index is 13.3. The molecule has 2 N–H and O–H groups in total. The number of fused-ring (bicyclic) bond motifs is 1. The summed E-state index contributed by atoms with van der Waals surface area (Å²) in [5.41, 5.74) is -1.45. The third-order valence-corrected chi connectivity index (χ3v) is 5.96. The molecule has 1 unspecified atom stereocenters. The number of ether oxygens (including phenoxy) is 1. The monoisotopic (exact) mass is 438 g/mol. The van der Waals surface area contributed by atoms with Gasteiger partial charge in [-0.1, -0.05) is 36.7 Å². The summed E-state index contributed by atoms with van der Waals surface area (Å²) in [5, 5.41) is 12.4. The lowest BCUT2D eigenvalue weighted by Gasteiger charge is -2.46. The number of ketones is 1. The van der Waals surface area contributed by atoms with Gasteiger partial charge in [-0.15, -0.1) is 0 Å². The lowest BCUT2D eigenvalue weighted by molar-refractivity contribution is -0.138. The second-order valence-electron chi connectivity index (χ2n) is 7.99. The van der Waals surface area contributed by atoms with E-state index in [1.165, 1.54) is 4.90 Å². The molecule has 146 valence electrons. The quantitative estimate of drug-likeness (QED) is 0.739. The zero-order chi connectivity index (χ0) is 20.0. The Labute approximate surface area is 166 Å². The smallest absolute Gasteiger partial charge is 0.408 e. The van der Waals surface area contributed by atoms with Crippen LogP contribution in [0.5, 0.6) is 5.75 Å². The normalized spacial score (nSPS) is 25.0. The van der Waals surface area contributed by atoms with Crippen LogP contribution in [0, 0.1) is 5.41 Å². The topological polar surface area (TPSA) is 95.9 Å². The van der Waals surface area contributed by atoms with Crippen LogP contribution >= 0.6 is 15.9 Å². The minimum atomic E-state index is -1.22. The van der Waals surface area contributed by atoms with Crippen molar-refractivity contribution >= 4 is 33.7 Å². The van der Waals surface area contributed by atoms with Crippen LogP contribution in [0.15, 0.2) is 22.7 Å². The first-order chi connectivity index (χ1) is 12.6. The average Bonchev–Trinajstić information content (AvgIpc) is 3.03. The van der Waals surface area contributed by atoms with Crippen molar-refractivity contribution in [2.45, 2.75) is 45.2 Å². The molecule has 0 bridgehead atoms. The standard InChI is InChI=1S/C19H23BrN2O5/c1-18(2,3)19(7-4-8-22(19)17(25)26)16(24)21-13-10-27-14-9-11(20)5-6-12(14)15(13)23/h5-6,9,13H,4,7-8,10H2,1-3H3,(H,21,24)(H,25,26)/t13?,19-/m1/s1. The van der Waals surface area contributed by atoms with Gasteiger partial charge in [-0.2, -0.15) is 0 Å². The zero-order valence-corrected chi connectivity index (χ0v) is 17.1. The number of benzene rings is 1. The number of carbonyl (C=O) groups excluding carboxylic acids is 2. The fraction of sp³-hybridized carbons (Fsp3) is 0.526. The molecule has 2 aliphatic rings. The average molecular weight is 439 g/mol. The number of carbonyl (C=O) groups is 3. The van der Waals surface area contributed by atoms with Gasteiger partial charge in [0.1, 0.15) is 23.9 Å². The molecule has 2 aliphatic heterocycles. The summed E-state index contributed by atoms with van der Waals surface area (Å²) < 4.78 is 6.45. The van der Waals surface area contributed by atoms with Gasteiger partial charge in [0.15, 0.2) is 5.78 Å². The molecular weight excluding hydrogens is 416 g/mol. The molecular formula is C19H23BrN2O5. The summed E-state index contributed by atoms with van der Waals surface area (Å²) in [6.45, 7) is 5.85. The van der Waals surface area contributed by atoms with Crippen molar-refractivity contribution in [3.63, 3.8) is 0 Å². The van der Waals surface area contributed by atoms with Crippen molar-refractivity contribution < 1.29 is 24.2 Å². The first-order valence-corrected chi connectivity index (χ1v) is 9.65. The van der Waals surface area contributed by atoms with Crippen molar-refractivity contribution in [3.05, 3.63) is 28.2 Å². The van der Waals surface area contributed by atoms with Crippen LogP contribution in [0.25, 0.3) is 0 Å². The second kappa shape index (κ2) is 6.82. The molecule has 0 saturated carbocycles. The Balaban J connectivity index is 1.88. The minimum Gasteiger partial charge on any atom is -0.490 e. The van der Waals surface area contributed by atoms with E-state index in [0.717, 1.165) is 4.47 Å². The van der Waals surface area contributed by atoms with Crippen molar-refractivity contribution in [1.82, 2.24) is 10.2 Å². The number of amides is 2. The van der Waals surface area contributed by atoms with Gasteiger partial charge in [-0.3, -0.25) is 14.5 Å². The molecule has 1 aromatic carbocycles. The van der Waals surface area contributed by atoms with Crippen LogP contribution in [-0.2, 0) is 4.79 Å². The van der Waals surface area contributed by atoms with Gasteiger partial charge >= 0.3 is 6.09 Å². The maximum absolute atomic E-state index is 13.3. The number of rotatable bonds is 2. The van der Waals surface area contributed by atoms with Gasteiger partial charge in [-0.25, -0.2) is 4.79 Å². The number of carboxylic acid groups (broad SMARTS) is 1. The Morgan fingerprint density at radius 2 is 2.07 bits per heavy atom. The number of Topliss-reactive ketones (excluding diaryl/α,β-unsaturated/α-hetero) is 1. The summed E-state index contributed by atoms with van der Waals surface area (Å²) in [5.74, 6) is -0.211. The second-order valence-corrected chi connectivity index (χ2v) is 8.91. The molecule has 1 fully saturated rings. The lowest BCUT2D eigenvalue weighted by atomic mass is 9.71. The Morgan fingerprint density at radius 1 is 1.37 bits per heavy atom. The predicted octanol–water partition coefficient (Wildman–Crippen LogP) is 3.07. The van der Waals surface area contributed by atoms with Crippen molar-refractivity contribution in [2.24, 2.45) is 5.41 Å². The zero-order valence-electron chi connectivity index (χ0n) is 15.5. The van der Waals surface area contributed by atoms with E-state index < -0.39 is 29.0 Å². The molecule has 7 nitrogen and oxygen atoms in total. The van der Waals surface area contributed by atoms with Gasteiger partial charge in [0.2, 0.25) is 5.91 Å². The number of nitrogens with zero attached hydrogens (tertiary/aromatic N) is 1. The Morgan fingerprint density at radius 3 is 2.70 bits per heavy atom. The third-order valence-electron chi connectivity index (χ3n) is 5.46. The largest absolute Gasteiger partial charge is 0.490 e. The number of hydrogen-bond donors (Lipinski definition) is 2. The molecule has 0 aromatic heterocycles. The van der Waals surface area contributed by atoms with Crippen LogP contribution in [0.3, 0.4) is 0 Å². The van der Waals surface area contributed by atoms with Crippen LogP contribution in [-0.4, -0.2) is 52.5 Å². The highest BCUT2D eigenvalue weighted by molar-refractivity contribution is 9.10. The Bertz CT molecular complexity index is 804. The summed E-state index contributed by atoms with van der Waals surface area (Å²) in [4.78, 5) is 39.1. The maximum Gasteiger partial charge on any atom is 0.408 e. The van der Waals surface area contributed by atoms with E-state index in [1.807, 2.05) is 20.8 Å². The van der Waals surface area contributed by atoms with E-state index in [2.05, 4.69) is 21.2 Å². The summed E-state index contributed by atoms with van der Waals surface area (Å²) in [6, 6.07) is 4.26. The summed E-state index contributed by atoms with van der Waals surface area (Å²) in [7, 11) is 0. The van der Waals surface area contributed by atoms with E-state index in [4.69, 9.17) is 4.74 Å². The fourth-order valence-corrected chi connectivity index (χ4v) is 4.41. The van der Waals surface area contributed by atoms with E-state index in [1.54, 1.807) is 18.2 Å². The highest BCUT2D eigenvalue weighted by Crippen LogP contribution is 2.44. The van der Waals surface area contributed by atoms with Crippen LogP contribution in [0.1, 0.15) is 44.0 Å². The molecule has 2 heterocycles. The molecule has 2 atom stereocenters. The number of halogens is 1.